The lowest BCUT2D eigenvalue weighted by molar-refractivity contribution is -0.875. The summed E-state index contributed by atoms with van der Waals surface area (Å²) in [6.45, 7) is 5.89. The number of nitrogens with zero attached hydrogens (tertiary/aromatic N) is 1. The maximum absolute atomic E-state index is 2.31. The van der Waals surface area contributed by atoms with Crippen molar-refractivity contribution >= 4 is 0 Å². The van der Waals surface area contributed by atoms with Crippen molar-refractivity contribution in [3.8, 4) is 0 Å². The molecule has 0 bridgehead atoms. The Morgan fingerprint density at radius 3 is 2.06 bits per heavy atom. The monoisotopic (exact) mass is 274 g/mol. The van der Waals surface area contributed by atoms with E-state index in [1.165, 1.54) is 57.9 Å². The fourth-order valence-corrected chi connectivity index (χ4v) is 2.50. The van der Waals surface area contributed by atoms with Gasteiger partial charge in [-0.15, -0.1) is 0 Å². The zero-order valence-corrected chi connectivity index (χ0v) is 13.2. The van der Waals surface area contributed by atoms with Gasteiger partial charge in [-0.1, -0.05) is 45.4 Å². The molecule has 18 heavy (non-hydrogen) atoms. The van der Waals surface area contributed by atoms with Crippen LogP contribution in [0.2, 0.25) is 0 Å². The molecule has 1 heterocycles. The molecule has 0 radical (unpaired) electrons. The Bertz CT molecular complexity index is 219. The summed E-state index contributed by atoms with van der Waals surface area (Å²) < 4.78 is 0. The first-order valence-corrected chi connectivity index (χ1v) is 7.51. The van der Waals surface area contributed by atoms with E-state index >= 15 is 0 Å². The SMILES string of the molecule is CCCCCCCCCC[NH+]1C=CN(C)C1C.[Cl-]. The van der Waals surface area contributed by atoms with E-state index < -0.39 is 0 Å². The Morgan fingerprint density at radius 1 is 1.00 bits per heavy atom. The largest absolute Gasteiger partial charge is 1.00 e. The average molecular weight is 275 g/mol. The fourth-order valence-electron chi connectivity index (χ4n) is 2.50. The summed E-state index contributed by atoms with van der Waals surface area (Å²) in [4.78, 5) is 3.93. The number of hydrogen-bond donors (Lipinski definition) is 1. The molecule has 0 aromatic heterocycles. The lowest BCUT2D eigenvalue weighted by Crippen LogP contribution is -3.11. The Kier molecular flexibility index (Phi) is 10.6. The molecule has 0 saturated heterocycles. The third-order valence-electron chi connectivity index (χ3n) is 3.99. The summed E-state index contributed by atoms with van der Waals surface area (Å²) >= 11 is 0. The lowest BCUT2D eigenvalue weighted by atomic mass is 10.1. The summed E-state index contributed by atoms with van der Waals surface area (Å²) in [5, 5.41) is 0. The van der Waals surface area contributed by atoms with E-state index in [4.69, 9.17) is 0 Å². The lowest BCUT2D eigenvalue weighted by Gasteiger charge is -2.21. The molecule has 2 nitrogen and oxygen atoms in total. The van der Waals surface area contributed by atoms with Crippen LogP contribution in [0.15, 0.2) is 12.4 Å². The van der Waals surface area contributed by atoms with Crippen LogP contribution in [-0.2, 0) is 0 Å². The molecule has 0 aromatic carbocycles. The fraction of sp³-hybridized carbons (Fsp3) is 0.867. The molecule has 0 amide bonds. The summed E-state index contributed by atoms with van der Waals surface area (Å²) in [5.74, 6) is 0. The highest BCUT2D eigenvalue weighted by Crippen LogP contribution is 2.07. The maximum Gasteiger partial charge on any atom is 0.164 e. The van der Waals surface area contributed by atoms with Crippen molar-refractivity contribution in [2.75, 3.05) is 13.6 Å². The second-order valence-corrected chi connectivity index (χ2v) is 5.46. The summed E-state index contributed by atoms with van der Waals surface area (Å²) in [5.41, 5.74) is 0. The normalized spacial score (nSPS) is 22.3. The highest BCUT2D eigenvalue weighted by Gasteiger charge is 2.22. The molecule has 108 valence electrons. The molecule has 2 unspecified atom stereocenters. The van der Waals surface area contributed by atoms with Gasteiger partial charge in [-0.2, -0.15) is 0 Å². The van der Waals surface area contributed by atoms with Gasteiger partial charge in [-0.3, -0.25) is 4.90 Å². The topological polar surface area (TPSA) is 7.68 Å². The number of quaternary nitrogens is 1. The first-order valence-electron chi connectivity index (χ1n) is 7.51. The molecule has 1 aliphatic rings. The minimum absolute atomic E-state index is 0. The number of nitrogens with one attached hydrogen (secondary N) is 1. The van der Waals surface area contributed by atoms with Crippen LogP contribution >= 0.6 is 0 Å². The summed E-state index contributed by atoms with van der Waals surface area (Å²) in [6.07, 6.45) is 16.5. The van der Waals surface area contributed by atoms with E-state index in [0.29, 0.717) is 6.17 Å². The molecule has 1 N–H and O–H groups in total. The van der Waals surface area contributed by atoms with Crippen LogP contribution in [0.25, 0.3) is 0 Å². The van der Waals surface area contributed by atoms with Gasteiger partial charge in [0.05, 0.1) is 12.7 Å². The average Bonchev–Trinajstić information content (AvgIpc) is 2.64. The van der Waals surface area contributed by atoms with Gasteiger partial charge in [0, 0.05) is 14.0 Å². The molecule has 2 atom stereocenters. The molecule has 0 saturated carbocycles. The molecule has 0 fully saturated rings. The summed E-state index contributed by atoms with van der Waals surface area (Å²) in [6, 6.07) is 0. The Morgan fingerprint density at radius 2 is 1.56 bits per heavy atom. The van der Waals surface area contributed by atoms with Crippen molar-refractivity contribution in [2.45, 2.75) is 71.4 Å². The molecule has 1 rings (SSSR count). The molecule has 1 aliphatic heterocycles. The maximum atomic E-state index is 2.31. The van der Waals surface area contributed by atoms with E-state index in [2.05, 4.69) is 38.2 Å². The van der Waals surface area contributed by atoms with Crippen molar-refractivity contribution < 1.29 is 17.3 Å². The number of unbranched alkanes of at least 4 members (excludes halogenated alkanes) is 7. The molecule has 0 spiro atoms. The molecule has 0 aliphatic carbocycles. The van der Waals surface area contributed by atoms with Crippen molar-refractivity contribution in [1.82, 2.24) is 4.90 Å². The zero-order valence-electron chi connectivity index (χ0n) is 12.4. The van der Waals surface area contributed by atoms with Gasteiger partial charge in [0.2, 0.25) is 0 Å². The van der Waals surface area contributed by atoms with Gasteiger partial charge >= 0.3 is 0 Å². The third-order valence-corrected chi connectivity index (χ3v) is 3.99. The van der Waals surface area contributed by atoms with Crippen LogP contribution in [0.1, 0.15) is 65.2 Å². The van der Waals surface area contributed by atoms with Crippen LogP contribution < -0.4 is 17.3 Å². The van der Waals surface area contributed by atoms with Crippen LogP contribution in [-0.4, -0.2) is 24.7 Å². The number of halogens is 1. The van der Waals surface area contributed by atoms with E-state index in [0.717, 1.165) is 0 Å². The highest BCUT2D eigenvalue weighted by molar-refractivity contribution is 4.79. The Balaban J connectivity index is 0.00000289. The first-order chi connectivity index (χ1) is 8.25. The number of hydrogen-bond acceptors (Lipinski definition) is 1. The van der Waals surface area contributed by atoms with Gasteiger partial charge in [-0.25, -0.2) is 0 Å². The van der Waals surface area contributed by atoms with E-state index in [9.17, 15) is 0 Å². The van der Waals surface area contributed by atoms with E-state index in [1.54, 1.807) is 4.90 Å². The molecular formula is C15H31ClN2. The van der Waals surface area contributed by atoms with E-state index in [1.807, 2.05) is 0 Å². The minimum Gasteiger partial charge on any atom is -1.00 e. The smallest absolute Gasteiger partial charge is 0.164 e. The van der Waals surface area contributed by atoms with Crippen LogP contribution in [0.3, 0.4) is 0 Å². The second kappa shape index (κ2) is 10.7. The van der Waals surface area contributed by atoms with Gasteiger partial charge < -0.3 is 17.3 Å². The van der Waals surface area contributed by atoms with Gasteiger partial charge in [0.15, 0.2) is 6.17 Å². The van der Waals surface area contributed by atoms with Crippen molar-refractivity contribution in [2.24, 2.45) is 0 Å². The summed E-state index contributed by atoms with van der Waals surface area (Å²) in [7, 11) is 2.17. The van der Waals surface area contributed by atoms with Crippen molar-refractivity contribution in [3.63, 3.8) is 0 Å². The first kappa shape index (κ1) is 17.8. The van der Waals surface area contributed by atoms with Crippen LogP contribution in [0.4, 0.5) is 0 Å². The standard InChI is InChI=1S/C15H30N2.ClH/c1-4-5-6-7-8-9-10-11-12-17-14-13-16(3)15(17)2;/h13-15H,4-12H2,1-3H3;1H. The van der Waals surface area contributed by atoms with Gasteiger partial charge in [0.25, 0.3) is 0 Å². The van der Waals surface area contributed by atoms with Crippen LogP contribution in [0.5, 0.6) is 0 Å². The minimum atomic E-state index is 0. The second-order valence-electron chi connectivity index (χ2n) is 5.46. The highest BCUT2D eigenvalue weighted by atomic mass is 35.5. The predicted molar refractivity (Wildman–Crippen MR) is 74.8 cm³/mol. The Labute approximate surface area is 120 Å². The molecule has 3 heteroatoms. The quantitative estimate of drug-likeness (QED) is 0.572. The van der Waals surface area contributed by atoms with Gasteiger partial charge in [-0.05, 0) is 12.8 Å². The zero-order chi connectivity index (χ0) is 12.5. The third kappa shape index (κ3) is 6.65. The predicted octanol–water partition coefficient (Wildman–Crippen LogP) is -0.221. The van der Waals surface area contributed by atoms with Crippen molar-refractivity contribution in [3.05, 3.63) is 12.4 Å². The number of rotatable bonds is 9. The molecule has 0 aromatic rings. The van der Waals surface area contributed by atoms with Gasteiger partial charge in [0.1, 0.15) is 6.20 Å². The van der Waals surface area contributed by atoms with Crippen molar-refractivity contribution in [1.29, 1.82) is 0 Å². The van der Waals surface area contributed by atoms with Crippen LogP contribution in [0, 0.1) is 0 Å². The van der Waals surface area contributed by atoms with E-state index in [-0.39, 0.29) is 12.4 Å². The Hall–Kier alpha value is -0.210. The molecular weight excluding hydrogens is 244 g/mol.